The van der Waals surface area contributed by atoms with Gasteiger partial charge >= 0.3 is 5.97 Å². The van der Waals surface area contributed by atoms with Crippen molar-refractivity contribution in [2.45, 2.75) is 37.3 Å². The third kappa shape index (κ3) is 4.76. The van der Waals surface area contributed by atoms with E-state index in [4.69, 9.17) is 18.9 Å². The Morgan fingerprint density at radius 1 is 1.04 bits per heavy atom. The molecule has 28 heavy (non-hydrogen) atoms. The van der Waals surface area contributed by atoms with Crippen LogP contribution in [0.25, 0.3) is 0 Å². The van der Waals surface area contributed by atoms with Crippen molar-refractivity contribution in [1.29, 1.82) is 0 Å². The highest BCUT2D eigenvalue weighted by molar-refractivity contribution is 5.89. The van der Waals surface area contributed by atoms with Crippen molar-refractivity contribution in [2.75, 3.05) is 13.7 Å². The van der Waals surface area contributed by atoms with Crippen molar-refractivity contribution in [2.24, 2.45) is 0 Å². The molecule has 1 fully saturated rings. The largest absolute Gasteiger partial charge is 0.450 e. The molecule has 0 aliphatic carbocycles. The summed E-state index contributed by atoms with van der Waals surface area (Å²) in [5, 5.41) is 20.1. The Bertz CT molecular complexity index is 737. The SMILES string of the molecule is CO[C@H]1O[C@H](CO)[C@@H](O)[C@H](OCc2ccccc2)[C@H]1OC(=O)c1ccccc1. The van der Waals surface area contributed by atoms with E-state index < -0.39 is 43.3 Å². The molecule has 0 spiro atoms. The molecule has 7 nitrogen and oxygen atoms in total. The average molecular weight is 388 g/mol. The summed E-state index contributed by atoms with van der Waals surface area (Å²) in [5.74, 6) is -0.584. The van der Waals surface area contributed by atoms with Gasteiger partial charge < -0.3 is 29.2 Å². The van der Waals surface area contributed by atoms with Gasteiger partial charge in [0.2, 0.25) is 0 Å². The summed E-state index contributed by atoms with van der Waals surface area (Å²) in [6, 6.07) is 17.9. The summed E-state index contributed by atoms with van der Waals surface area (Å²) in [5.41, 5.74) is 1.25. The van der Waals surface area contributed by atoms with Gasteiger partial charge in [-0.1, -0.05) is 48.5 Å². The first-order chi connectivity index (χ1) is 13.6. The minimum Gasteiger partial charge on any atom is -0.450 e. The molecule has 1 aliphatic heterocycles. The number of carbonyl (C=O) groups excluding carboxylic acids is 1. The molecule has 0 radical (unpaired) electrons. The highest BCUT2D eigenvalue weighted by Crippen LogP contribution is 2.28. The zero-order valence-corrected chi connectivity index (χ0v) is 15.5. The second-order valence-corrected chi connectivity index (χ2v) is 6.45. The Kier molecular flexibility index (Phi) is 7.13. The number of benzene rings is 2. The van der Waals surface area contributed by atoms with Crippen LogP contribution >= 0.6 is 0 Å². The summed E-state index contributed by atoms with van der Waals surface area (Å²) in [6.07, 6.45) is -5.07. The van der Waals surface area contributed by atoms with E-state index in [-0.39, 0.29) is 6.61 Å². The predicted molar refractivity (Wildman–Crippen MR) is 99.4 cm³/mol. The first kappa shape index (κ1) is 20.4. The standard InChI is InChI=1S/C21H24O7/c1-25-21-19(28-20(24)15-10-6-3-7-11-15)18(17(23)16(12-22)27-21)26-13-14-8-4-2-5-9-14/h2-11,16-19,21-23H,12-13H2,1H3/t16-,17-,18+,19-,21+/m1/s1. The maximum atomic E-state index is 12.5. The van der Waals surface area contributed by atoms with Crippen molar-refractivity contribution < 1.29 is 34.0 Å². The third-order valence-electron chi connectivity index (χ3n) is 4.57. The molecular formula is C21H24O7. The fourth-order valence-corrected chi connectivity index (χ4v) is 3.08. The number of rotatable bonds is 7. The summed E-state index contributed by atoms with van der Waals surface area (Å²) >= 11 is 0. The van der Waals surface area contributed by atoms with E-state index in [0.717, 1.165) is 5.56 Å². The number of aliphatic hydroxyl groups is 2. The van der Waals surface area contributed by atoms with E-state index in [9.17, 15) is 15.0 Å². The Balaban J connectivity index is 1.79. The van der Waals surface area contributed by atoms with Crippen molar-refractivity contribution in [3.05, 3.63) is 71.8 Å². The molecule has 0 saturated carbocycles. The lowest BCUT2D eigenvalue weighted by Gasteiger charge is -2.42. The molecular weight excluding hydrogens is 364 g/mol. The van der Waals surface area contributed by atoms with E-state index in [2.05, 4.69) is 0 Å². The molecule has 7 heteroatoms. The molecule has 1 saturated heterocycles. The van der Waals surface area contributed by atoms with Gasteiger partial charge in [-0.3, -0.25) is 0 Å². The lowest BCUT2D eigenvalue weighted by molar-refractivity contribution is -0.302. The first-order valence-electron chi connectivity index (χ1n) is 9.02. The molecule has 1 aliphatic rings. The molecule has 2 N–H and O–H groups in total. The molecule has 2 aromatic carbocycles. The third-order valence-corrected chi connectivity index (χ3v) is 4.57. The van der Waals surface area contributed by atoms with Crippen molar-refractivity contribution >= 4 is 5.97 Å². The van der Waals surface area contributed by atoms with Crippen LogP contribution in [-0.4, -0.2) is 60.6 Å². The minimum absolute atomic E-state index is 0.191. The number of methoxy groups -OCH3 is 1. The number of hydrogen-bond acceptors (Lipinski definition) is 7. The van der Waals surface area contributed by atoms with Crippen molar-refractivity contribution in [3.8, 4) is 0 Å². The van der Waals surface area contributed by atoms with E-state index in [1.165, 1.54) is 7.11 Å². The van der Waals surface area contributed by atoms with Crippen LogP contribution in [0.2, 0.25) is 0 Å². The zero-order chi connectivity index (χ0) is 19.9. The van der Waals surface area contributed by atoms with Gasteiger partial charge in [0.25, 0.3) is 0 Å². The van der Waals surface area contributed by atoms with Crippen LogP contribution in [-0.2, 0) is 25.6 Å². The first-order valence-corrected chi connectivity index (χ1v) is 9.02. The summed E-state index contributed by atoms with van der Waals surface area (Å²) < 4.78 is 22.3. The summed E-state index contributed by atoms with van der Waals surface area (Å²) in [7, 11) is 1.40. The number of esters is 1. The van der Waals surface area contributed by atoms with Gasteiger partial charge in [-0.2, -0.15) is 0 Å². The van der Waals surface area contributed by atoms with Gasteiger partial charge in [0, 0.05) is 7.11 Å². The van der Waals surface area contributed by atoms with E-state index in [1.807, 2.05) is 30.3 Å². The number of ether oxygens (including phenoxy) is 4. The summed E-state index contributed by atoms with van der Waals surface area (Å²) in [4.78, 5) is 12.5. The maximum absolute atomic E-state index is 12.5. The van der Waals surface area contributed by atoms with Crippen LogP contribution in [0, 0.1) is 0 Å². The quantitative estimate of drug-likeness (QED) is 0.695. The number of hydrogen-bond donors (Lipinski definition) is 2. The molecule has 1 heterocycles. The van der Waals surface area contributed by atoms with Crippen LogP contribution in [0.3, 0.4) is 0 Å². The smallest absolute Gasteiger partial charge is 0.338 e. The maximum Gasteiger partial charge on any atom is 0.338 e. The zero-order valence-electron chi connectivity index (χ0n) is 15.5. The fourth-order valence-electron chi connectivity index (χ4n) is 3.08. The lowest BCUT2D eigenvalue weighted by Crippen LogP contribution is -2.61. The molecule has 150 valence electrons. The van der Waals surface area contributed by atoms with Gasteiger partial charge in [0.15, 0.2) is 12.4 Å². The molecule has 0 bridgehead atoms. The van der Waals surface area contributed by atoms with Gasteiger partial charge in [0.05, 0.1) is 18.8 Å². The Hall–Kier alpha value is -2.29. The van der Waals surface area contributed by atoms with Gasteiger partial charge in [-0.05, 0) is 17.7 Å². The highest BCUT2D eigenvalue weighted by atomic mass is 16.7. The molecule has 0 amide bonds. The minimum atomic E-state index is -1.20. The molecule has 0 unspecified atom stereocenters. The monoisotopic (exact) mass is 388 g/mol. The Morgan fingerprint density at radius 2 is 1.68 bits per heavy atom. The fraction of sp³-hybridized carbons (Fsp3) is 0.381. The van der Waals surface area contributed by atoms with Crippen LogP contribution in [0.5, 0.6) is 0 Å². The normalized spacial score (nSPS) is 27.3. The van der Waals surface area contributed by atoms with Crippen LogP contribution in [0.4, 0.5) is 0 Å². The van der Waals surface area contributed by atoms with Crippen LogP contribution in [0.1, 0.15) is 15.9 Å². The number of aliphatic hydroxyl groups excluding tert-OH is 2. The molecule has 3 rings (SSSR count). The van der Waals surface area contributed by atoms with Gasteiger partial charge in [-0.15, -0.1) is 0 Å². The highest BCUT2D eigenvalue weighted by Gasteiger charge is 2.48. The summed E-state index contributed by atoms with van der Waals surface area (Å²) in [6.45, 7) is -0.234. The van der Waals surface area contributed by atoms with Crippen LogP contribution in [0.15, 0.2) is 60.7 Å². The molecule has 5 atom stereocenters. The molecule has 2 aromatic rings. The van der Waals surface area contributed by atoms with E-state index in [1.54, 1.807) is 30.3 Å². The second kappa shape index (κ2) is 9.77. The number of carbonyl (C=O) groups is 1. The van der Waals surface area contributed by atoms with E-state index in [0.29, 0.717) is 5.56 Å². The topological polar surface area (TPSA) is 94.5 Å². The van der Waals surface area contributed by atoms with Gasteiger partial charge in [0.1, 0.15) is 18.3 Å². The van der Waals surface area contributed by atoms with Crippen LogP contribution < -0.4 is 0 Å². The predicted octanol–water partition coefficient (Wildman–Crippen LogP) is 1.52. The lowest BCUT2D eigenvalue weighted by atomic mass is 9.98. The van der Waals surface area contributed by atoms with E-state index >= 15 is 0 Å². The van der Waals surface area contributed by atoms with Crippen molar-refractivity contribution in [1.82, 2.24) is 0 Å². The second-order valence-electron chi connectivity index (χ2n) is 6.45. The van der Waals surface area contributed by atoms with Crippen molar-refractivity contribution in [3.63, 3.8) is 0 Å². The average Bonchev–Trinajstić information content (AvgIpc) is 2.75. The Morgan fingerprint density at radius 3 is 2.29 bits per heavy atom. The van der Waals surface area contributed by atoms with Gasteiger partial charge in [-0.25, -0.2) is 4.79 Å². The Labute approximate surface area is 163 Å². The molecule has 0 aromatic heterocycles.